The molecule has 2 N–H and O–H groups in total. The first-order valence-electron chi connectivity index (χ1n) is 7.24. The molecule has 1 aromatic rings. The fourth-order valence-electron chi connectivity index (χ4n) is 2.39. The third-order valence-electron chi connectivity index (χ3n) is 3.55. The maximum Gasteiger partial charge on any atom is 0.330 e. The molecule has 8 nitrogen and oxygen atoms in total. The number of ether oxygens (including phenoxy) is 2. The summed E-state index contributed by atoms with van der Waals surface area (Å²) in [5.41, 5.74) is -0.683. The molecule has 0 radical (unpaired) electrons. The lowest BCUT2D eigenvalue weighted by atomic mass is 10.2. The SMILES string of the molecule is CCCC(=O)O[C@@H]1C[C@@H](n2cc(C)c(=O)[nH]c2=O)O[C@H]1CO. The number of carbonyl (C=O) groups excluding carboxylic acids is 1. The number of nitrogens with one attached hydrogen (secondary N) is 1. The minimum atomic E-state index is -0.695. The maximum atomic E-state index is 11.9. The van der Waals surface area contributed by atoms with Crippen LogP contribution in [0.3, 0.4) is 0 Å². The van der Waals surface area contributed by atoms with Crippen LogP contribution in [-0.4, -0.2) is 39.4 Å². The van der Waals surface area contributed by atoms with E-state index in [1.54, 1.807) is 6.92 Å². The number of hydrogen-bond acceptors (Lipinski definition) is 6. The number of aliphatic hydroxyl groups excluding tert-OH is 1. The molecular weight excluding hydrogens is 292 g/mol. The molecule has 2 rings (SSSR count). The molecule has 0 spiro atoms. The normalized spacial score (nSPS) is 24.4. The van der Waals surface area contributed by atoms with Gasteiger partial charge in [-0.05, 0) is 13.3 Å². The molecule has 1 fully saturated rings. The largest absolute Gasteiger partial charge is 0.459 e. The summed E-state index contributed by atoms with van der Waals surface area (Å²) >= 11 is 0. The highest BCUT2D eigenvalue weighted by molar-refractivity contribution is 5.69. The van der Waals surface area contributed by atoms with Gasteiger partial charge < -0.3 is 14.6 Å². The molecule has 0 bridgehead atoms. The van der Waals surface area contributed by atoms with Crippen molar-refractivity contribution in [2.75, 3.05) is 6.61 Å². The number of nitrogens with zero attached hydrogens (tertiary/aromatic N) is 1. The van der Waals surface area contributed by atoms with E-state index in [4.69, 9.17) is 9.47 Å². The van der Waals surface area contributed by atoms with E-state index in [1.807, 2.05) is 6.92 Å². The number of aromatic amines is 1. The molecule has 8 heteroatoms. The standard InChI is InChI=1S/C14H20N2O6/c1-3-4-12(18)22-9-5-11(21-10(9)7-17)16-6-8(2)13(19)15-14(16)20/h6,9-11,17H,3-5,7H2,1-2H3,(H,15,19,20)/t9-,10+,11+/m1/s1. The van der Waals surface area contributed by atoms with Gasteiger partial charge in [0.25, 0.3) is 5.56 Å². The Bertz CT molecular complexity index is 649. The third-order valence-corrected chi connectivity index (χ3v) is 3.55. The van der Waals surface area contributed by atoms with Crippen LogP contribution in [0.2, 0.25) is 0 Å². The van der Waals surface area contributed by atoms with E-state index in [9.17, 15) is 19.5 Å². The Balaban J connectivity index is 2.18. The number of aryl methyl sites for hydroxylation is 1. The Morgan fingerprint density at radius 2 is 2.27 bits per heavy atom. The fourth-order valence-corrected chi connectivity index (χ4v) is 2.39. The summed E-state index contributed by atoms with van der Waals surface area (Å²) in [6.07, 6.45) is 0.593. The molecule has 22 heavy (non-hydrogen) atoms. The van der Waals surface area contributed by atoms with Crippen molar-refractivity contribution in [1.29, 1.82) is 0 Å². The van der Waals surface area contributed by atoms with Gasteiger partial charge in [0.05, 0.1) is 6.61 Å². The van der Waals surface area contributed by atoms with Gasteiger partial charge in [-0.1, -0.05) is 6.92 Å². The lowest BCUT2D eigenvalue weighted by Gasteiger charge is -2.16. The quantitative estimate of drug-likeness (QED) is 0.731. The first-order chi connectivity index (χ1) is 10.5. The summed E-state index contributed by atoms with van der Waals surface area (Å²) in [5.74, 6) is -0.361. The van der Waals surface area contributed by atoms with Crippen LogP contribution in [0.5, 0.6) is 0 Å². The van der Waals surface area contributed by atoms with Crippen LogP contribution >= 0.6 is 0 Å². The molecule has 0 saturated carbocycles. The van der Waals surface area contributed by atoms with Gasteiger partial charge in [-0.15, -0.1) is 0 Å². The highest BCUT2D eigenvalue weighted by Gasteiger charge is 2.38. The zero-order chi connectivity index (χ0) is 16.3. The van der Waals surface area contributed by atoms with E-state index < -0.39 is 29.7 Å². The van der Waals surface area contributed by atoms with E-state index in [2.05, 4.69) is 4.98 Å². The lowest BCUT2D eigenvalue weighted by Crippen LogP contribution is -2.33. The van der Waals surface area contributed by atoms with Gasteiger partial charge in [0.15, 0.2) is 0 Å². The first-order valence-corrected chi connectivity index (χ1v) is 7.24. The minimum Gasteiger partial charge on any atom is -0.459 e. The molecule has 0 aliphatic carbocycles. The molecule has 0 aromatic carbocycles. The van der Waals surface area contributed by atoms with Crippen molar-refractivity contribution in [3.05, 3.63) is 32.6 Å². The fraction of sp³-hybridized carbons (Fsp3) is 0.643. The average molecular weight is 312 g/mol. The minimum absolute atomic E-state index is 0.242. The Labute approximate surface area is 126 Å². The summed E-state index contributed by atoms with van der Waals surface area (Å²) in [5, 5.41) is 9.35. The number of esters is 1. The van der Waals surface area contributed by atoms with Crippen molar-refractivity contribution in [3.63, 3.8) is 0 Å². The molecule has 0 amide bonds. The van der Waals surface area contributed by atoms with Crippen molar-refractivity contribution >= 4 is 5.97 Å². The second-order valence-electron chi connectivity index (χ2n) is 5.30. The zero-order valence-electron chi connectivity index (χ0n) is 12.6. The number of rotatable bonds is 5. The Hall–Kier alpha value is -1.93. The smallest absolute Gasteiger partial charge is 0.330 e. The number of aromatic nitrogens is 2. The summed E-state index contributed by atoms with van der Waals surface area (Å²) < 4.78 is 12.1. The average Bonchev–Trinajstić information content (AvgIpc) is 2.85. The second kappa shape index (κ2) is 6.89. The number of hydrogen-bond donors (Lipinski definition) is 2. The van der Waals surface area contributed by atoms with Crippen molar-refractivity contribution in [3.8, 4) is 0 Å². The lowest BCUT2D eigenvalue weighted by molar-refractivity contribution is -0.153. The monoisotopic (exact) mass is 312 g/mol. The van der Waals surface area contributed by atoms with Crippen molar-refractivity contribution in [2.45, 2.75) is 51.5 Å². The van der Waals surface area contributed by atoms with Gasteiger partial charge in [0.1, 0.15) is 18.4 Å². The number of H-pyrrole nitrogens is 1. The summed E-state index contributed by atoms with van der Waals surface area (Å²) in [6, 6.07) is 0. The molecule has 3 atom stereocenters. The van der Waals surface area contributed by atoms with Gasteiger partial charge in [0, 0.05) is 24.6 Å². The van der Waals surface area contributed by atoms with Crippen LogP contribution in [0, 0.1) is 6.92 Å². The van der Waals surface area contributed by atoms with Gasteiger partial charge in [0.2, 0.25) is 0 Å². The molecule has 2 heterocycles. The van der Waals surface area contributed by atoms with Gasteiger partial charge >= 0.3 is 11.7 Å². The van der Waals surface area contributed by atoms with Crippen LogP contribution in [0.4, 0.5) is 0 Å². The van der Waals surface area contributed by atoms with Crippen molar-refractivity contribution in [2.24, 2.45) is 0 Å². The molecule has 1 aliphatic rings. The Morgan fingerprint density at radius 3 is 2.91 bits per heavy atom. The van der Waals surface area contributed by atoms with Gasteiger partial charge in [-0.25, -0.2) is 4.79 Å². The van der Waals surface area contributed by atoms with E-state index in [-0.39, 0.29) is 25.4 Å². The highest BCUT2D eigenvalue weighted by Crippen LogP contribution is 2.30. The predicted octanol–water partition coefficient (Wildman–Crippen LogP) is -0.163. The zero-order valence-corrected chi connectivity index (χ0v) is 12.6. The summed E-state index contributed by atoms with van der Waals surface area (Å²) in [7, 11) is 0. The van der Waals surface area contributed by atoms with E-state index in [1.165, 1.54) is 10.8 Å². The second-order valence-corrected chi connectivity index (χ2v) is 5.30. The Kier molecular flexibility index (Phi) is 5.15. The molecule has 1 saturated heterocycles. The van der Waals surface area contributed by atoms with Crippen LogP contribution in [0.1, 0.15) is 38.0 Å². The van der Waals surface area contributed by atoms with Gasteiger partial charge in [-0.3, -0.25) is 19.1 Å². The van der Waals surface area contributed by atoms with E-state index in [0.29, 0.717) is 12.0 Å². The highest BCUT2D eigenvalue weighted by atomic mass is 16.6. The van der Waals surface area contributed by atoms with Crippen LogP contribution < -0.4 is 11.2 Å². The van der Waals surface area contributed by atoms with Crippen LogP contribution in [0.15, 0.2) is 15.8 Å². The summed E-state index contributed by atoms with van der Waals surface area (Å²) in [4.78, 5) is 37.0. The van der Waals surface area contributed by atoms with Crippen molar-refractivity contribution < 1.29 is 19.4 Å². The van der Waals surface area contributed by atoms with E-state index in [0.717, 1.165) is 0 Å². The molecule has 0 unspecified atom stereocenters. The number of carbonyl (C=O) groups is 1. The summed E-state index contributed by atoms with van der Waals surface area (Å²) in [6.45, 7) is 3.12. The first kappa shape index (κ1) is 16.4. The molecule has 122 valence electrons. The predicted molar refractivity (Wildman–Crippen MR) is 76.5 cm³/mol. The van der Waals surface area contributed by atoms with Crippen LogP contribution in [-0.2, 0) is 14.3 Å². The molecular formula is C14H20N2O6. The molecule has 1 aliphatic heterocycles. The topological polar surface area (TPSA) is 111 Å². The molecule has 1 aromatic heterocycles. The van der Waals surface area contributed by atoms with Crippen LogP contribution in [0.25, 0.3) is 0 Å². The van der Waals surface area contributed by atoms with Crippen molar-refractivity contribution in [1.82, 2.24) is 9.55 Å². The van der Waals surface area contributed by atoms with E-state index >= 15 is 0 Å². The third kappa shape index (κ3) is 3.45. The Morgan fingerprint density at radius 1 is 1.55 bits per heavy atom. The number of aliphatic hydroxyl groups is 1. The maximum absolute atomic E-state index is 11.9. The van der Waals surface area contributed by atoms with Gasteiger partial charge in [-0.2, -0.15) is 0 Å².